The monoisotopic (exact) mass is 300 g/mol. The maximum Gasteiger partial charge on any atom is 0.280 e. The normalized spacial score (nSPS) is 11.4. The highest BCUT2D eigenvalue weighted by Gasteiger charge is 2.27. The van der Waals surface area contributed by atoms with Gasteiger partial charge in [0, 0.05) is 11.1 Å². The first-order valence-corrected chi connectivity index (χ1v) is 6.35. The number of ketones is 1. The van der Waals surface area contributed by atoms with E-state index in [1.807, 2.05) is 6.07 Å². The Morgan fingerprint density at radius 3 is 2.38 bits per heavy atom. The van der Waals surface area contributed by atoms with Gasteiger partial charge >= 0.3 is 0 Å². The van der Waals surface area contributed by atoms with Crippen LogP contribution >= 0.6 is 11.6 Å². The largest absolute Gasteiger partial charge is 0.292 e. The lowest BCUT2D eigenvalue weighted by Gasteiger charge is -2.09. The number of carbonyl (C=O) groups excluding carboxylic acids is 1. The lowest BCUT2D eigenvalue weighted by molar-refractivity contribution is -0.385. The van der Waals surface area contributed by atoms with Gasteiger partial charge in [-0.15, -0.1) is 0 Å². The summed E-state index contributed by atoms with van der Waals surface area (Å²) in [6.45, 7) is 0. The molecule has 2 aromatic rings. The molecule has 0 spiro atoms. The molecule has 0 bridgehead atoms. The topological polar surface area (TPSA) is 84.0 Å². The Hall–Kier alpha value is -2.71. The van der Waals surface area contributed by atoms with E-state index in [1.54, 1.807) is 24.3 Å². The smallest absolute Gasteiger partial charge is 0.280 e. The molecule has 0 saturated heterocycles. The zero-order valence-corrected chi connectivity index (χ0v) is 11.4. The standard InChI is InChI=1S/C15H9ClN2O3/c16-11-7-5-10(6-8-11)13(9-17)15(19)12-3-1-2-4-14(12)18(20)21/h1-8,13H. The Balaban J connectivity index is 2.45. The zero-order chi connectivity index (χ0) is 15.4. The third-order valence-electron chi connectivity index (χ3n) is 2.96. The van der Waals surface area contributed by atoms with Gasteiger partial charge in [0.2, 0.25) is 0 Å². The number of nitro groups is 1. The highest BCUT2D eigenvalue weighted by Crippen LogP contribution is 2.26. The molecule has 104 valence electrons. The summed E-state index contributed by atoms with van der Waals surface area (Å²) < 4.78 is 0. The van der Waals surface area contributed by atoms with Crippen molar-refractivity contribution >= 4 is 23.1 Å². The number of halogens is 1. The molecule has 0 heterocycles. The number of hydrogen-bond donors (Lipinski definition) is 0. The summed E-state index contributed by atoms with van der Waals surface area (Å²) in [6, 6.07) is 13.7. The molecule has 0 aliphatic rings. The van der Waals surface area contributed by atoms with Crippen LogP contribution in [0.25, 0.3) is 0 Å². The first-order chi connectivity index (χ1) is 10.0. The number of Topliss-reactive ketones (excluding diaryl/α,β-unsaturated/α-hetero) is 1. The molecule has 0 saturated carbocycles. The third-order valence-corrected chi connectivity index (χ3v) is 3.21. The van der Waals surface area contributed by atoms with E-state index >= 15 is 0 Å². The molecule has 0 aliphatic carbocycles. The molecule has 2 aromatic carbocycles. The zero-order valence-electron chi connectivity index (χ0n) is 10.7. The van der Waals surface area contributed by atoms with Crippen molar-refractivity contribution in [3.8, 4) is 6.07 Å². The van der Waals surface area contributed by atoms with Gasteiger partial charge in [-0.05, 0) is 23.8 Å². The van der Waals surface area contributed by atoms with Crippen LogP contribution in [0.15, 0.2) is 48.5 Å². The van der Waals surface area contributed by atoms with Gasteiger partial charge in [0.1, 0.15) is 5.92 Å². The van der Waals surface area contributed by atoms with Crippen LogP contribution in [-0.2, 0) is 0 Å². The maximum atomic E-state index is 12.4. The van der Waals surface area contributed by atoms with Gasteiger partial charge in [0.15, 0.2) is 5.78 Å². The molecule has 0 aliphatic heterocycles. The van der Waals surface area contributed by atoms with E-state index in [0.717, 1.165) is 0 Å². The first kappa shape index (κ1) is 14.7. The Bertz CT molecular complexity index is 735. The molecule has 0 radical (unpaired) electrons. The van der Waals surface area contributed by atoms with E-state index in [1.165, 1.54) is 24.3 Å². The van der Waals surface area contributed by atoms with E-state index in [2.05, 4.69) is 0 Å². The van der Waals surface area contributed by atoms with Gasteiger partial charge in [-0.2, -0.15) is 5.26 Å². The Morgan fingerprint density at radius 1 is 1.19 bits per heavy atom. The average molecular weight is 301 g/mol. The van der Waals surface area contributed by atoms with Gasteiger partial charge in [-0.1, -0.05) is 35.9 Å². The van der Waals surface area contributed by atoms with Crippen LogP contribution in [0, 0.1) is 21.4 Å². The maximum absolute atomic E-state index is 12.4. The van der Waals surface area contributed by atoms with E-state index in [4.69, 9.17) is 11.6 Å². The summed E-state index contributed by atoms with van der Waals surface area (Å²) in [5.74, 6) is -1.71. The molecule has 0 amide bonds. The quantitative estimate of drug-likeness (QED) is 0.489. The van der Waals surface area contributed by atoms with Gasteiger partial charge in [0.25, 0.3) is 5.69 Å². The number of hydrogen-bond acceptors (Lipinski definition) is 4. The molecule has 1 unspecified atom stereocenters. The molecule has 21 heavy (non-hydrogen) atoms. The molecular weight excluding hydrogens is 292 g/mol. The average Bonchev–Trinajstić information content (AvgIpc) is 2.49. The predicted molar refractivity (Wildman–Crippen MR) is 77.2 cm³/mol. The van der Waals surface area contributed by atoms with Crippen molar-refractivity contribution in [1.29, 1.82) is 5.26 Å². The van der Waals surface area contributed by atoms with Crippen LogP contribution in [0.1, 0.15) is 21.8 Å². The number of nitriles is 1. The van der Waals surface area contributed by atoms with Crippen molar-refractivity contribution < 1.29 is 9.72 Å². The second-order valence-corrected chi connectivity index (χ2v) is 4.69. The molecule has 5 nitrogen and oxygen atoms in total. The number of carbonyl (C=O) groups is 1. The summed E-state index contributed by atoms with van der Waals surface area (Å²) in [4.78, 5) is 22.8. The van der Waals surface area contributed by atoms with Gasteiger partial charge in [-0.3, -0.25) is 14.9 Å². The molecule has 2 rings (SSSR count). The SMILES string of the molecule is N#CC(C(=O)c1ccccc1[N+](=O)[O-])c1ccc(Cl)cc1. The fourth-order valence-electron chi connectivity index (χ4n) is 1.94. The Kier molecular flexibility index (Phi) is 4.31. The van der Waals surface area contributed by atoms with Crippen molar-refractivity contribution in [2.45, 2.75) is 5.92 Å². The fourth-order valence-corrected chi connectivity index (χ4v) is 2.06. The minimum absolute atomic E-state index is 0.0796. The van der Waals surface area contributed by atoms with E-state index in [9.17, 15) is 20.2 Å². The summed E-state index contributed by atoms with van der Waals surface area (Å²) in [6.07, 6.45) is 0. The second-order valence-electron chi connectivity index (χ2n) is 4.25. The van der Waals surface area contributed by atoms with Gasteiger partial charge in [0.05, 0.1) is 16.6 Å². The number of para-hydroxylation sites is 1. The van der Waals surface area contributed by atoms with E-state index < -0.39 is 16.6 Å². The number of benzene rings is 2. The van der Waals surface area contributed by atoms with E-state index in [-0.39, 0.29) is 11.3 Å². The predicted octanol–water partition coefficient (Wildman–Crippen LogP) is 3.74. The van der Waals surface area contributed by atoms with Crippen LogP contribution in [0.2, 0.25) is 5.02 Å². The number of nitro benzene ring substituents is 1. The number of rotatable bonds is 4. The first-order valence-electron chi connectivity index (χ1n) is 5.97. The summed E-state index contributed by atoms with van der Waals surface area (Å²) >= 11 is 5.77. The van der Waals surface area contributed by atoms with Crippen molar-refractivity contribution in [1.82, 2.24) is 0 Å². The summed E-state index contributed by atoms with van der Waals surface area (Å²) in [7, 11) is 0. The highest BCUT2D eigenvalue weighted by molar-refractivity contribution is 6.30. The molecular formula is C15H9ClN2O3. The summed E-state index contributed by atoms with van der Waals surface area (Å²) in [5, 5.41) is 20.7. The van der Waals surface area contributed by atoms with Crippen molar-refractivity contribution in [2.75, 3.05) is 0 Å². The van der Waals surface area contributed by atoms with Gasteiger partial charge in [-0.25, -0.2) is 0 Å². The Morgan fingerprint density at radius 2 is 1.81 bits per heavy atom. The molecule has 0 N–H and O–H groups in total. The fraction of sp³-hybridized carbons (Fsp3) is 0.0667. The lowest BCUT2D eigenvalue weighted by atomic mass is 9.91. The molecule has 1 atom stereocenters. The molecule has 6 heteroatoms. The number of nitrogens with zero attached hydrogens (tertiary/aromatic N) is 2. The second kappa shape index (κ2) is 6.16. The summed E-state index contributed by atoms with van der Waals surface area (Å²) in [5.41, 5.74) is 0.0609. The van der Waals surface area contributed by atoms with Crippen molar-refractivity contribution in [2.24, 2.45) is 0 Å². The van der Waals surface area contributed by atoms with Crippen LogP contribution < -0.4 is 0 Å². The Labute approximate surface area is 125 Å². The van der Waals surface area contributed by atoms with Crippen LogP contribution in [0.3, 0.4) is 0 Å². The van der Waals surface area contributed by atoms with Crippen LogP contribution in [-0.4, -0.2) is 10.7 Å². The minimum atomic E-state index is -1.11. The van der Waals surface area contributed by atoms with Crippen LogP contribution in [0.4, 0.5) is 5.69 Å². The third kappa shape index (κ3) is 3.07. The highest BCUT2D eigenvalue weighted by atomic mass is 35.5. The molecule has 0 aromatic heterocycles. The van der Waals surface area contributed by atoms with Crippen molar-refractivity contribution in [3.63, 3.8) is 0 Å². The van der Waals surface area contributed by atoms with E-state index in [0.29, 0.717) is 10.6 Å². The van der Waals surface area contributed by atoms with Crippen LogP contribution in [0.5, 0.6) is 0 Å². The minimum Gasteiger partial charge on any atom is -0.292 e. The van der Waals surface area contributed by atoms with Gasteiger partial charge < -0.3 is 0 Å². The lowest BCUT2D eigenvalue weighted by Crippen LogP contribution is -2.13. The van der Waals surface area contributed by atoms with Crippen molar-refractivity contribution in [3.05, 3.63) is 74.8 Å². The molecule has 0 fully saturated rings.